The van der Waals surface area contributed by atoms with E-state index < -0.39 is 27.6 Å². The Kier molecular flexibility index (Phi) is 8.11. The summed E-state index contributed by atoms with van der Waals surface area (Å²) in [5.41, 5.74) is 0.00515. The number of amides is 3. The van der Waals surface area contributed by atoms with Crippen LogP contribution in [-0.2, 0) is 21.3 Å². The highest BCUT2D eigenvalue weighted by molar-refractivity contribution is 9.10. The summed E-state index contributed by atoms with van der Waals surface area (Å²) < 4.78 is 31.7. The van der Waals surface area contributed by atoms with Gasteiger partial charge in [0.1, 0.15) is 5.54 Å². The summed E-state index contributed by atoms with van der Waals surface area (Å²) in [6.45, 7) is 1.97. The van der Waals surface area contributed by atoms with Crippen molar-refractivity contribution < 1.29 is 22.6 Å². The minimum Gasteiger partial charge on any atom is -0.309 e. The minimum absolute atomic E-state index is 0.244. The lowest BCUT2D eigenvalue weighted by atomic mass is 9.91. The number of rotatable bonds is 9. The minimum atomic E-state index is -4.03. The van der Waals surface area contributed by atoms with Crippen molar-refractivity contribution >= 4 is 66.9 Å². The van der Waals surface area contributed by atoms with Gasteiger partial charge in [0.05, 0.1) is 11.4 Å². The summed E-state index contributed by atoms with van der Waals surface area (Å²) in [5.74, 6) is -0.741. The molecule has 1 fully saturated rings. The number of carbonyl (C=O) groups is 2. The van der Waals surface area contributed by atoms with E-state index in [1.54, 1.807) is 6.92 Å². The van der Waals surface area contributed by atoms with Gasteiger partial charge in [0, 0.05) is 27.5 Å². The summed E-state index contributed by atoms with van der Waals surface area (Å²) in [5, 5.41) is 0.604. The van der Waals surface area contributed by atoms with Crippen molar-refractivity contribution in [3.8, 4) is 0 Å². The van der Waals surface area contributed by atoms with Crippen LogP contribution in [0.15, 0.2) is 46.9 Å². The Balaban J connectivity index is 1.89. The topological polar surface area (TPSA) is 95.0 Å². The van der Waals surface area contributed by atoms with E-state index in [4.69, 9.17) is 27.8 Å². The lowest BCUT2D eigenvalue weighted by molar-refractivity contribution is -0.124. The van der Waals surface area contributed by atoms with Gasteiger partial charge in [-0.2, -0.15) is 8.42 Å². The number of hydrogen-bond acceptors (Lipinski definition) is 4. The predicted molar refractivity (Wildman–Crippen MR) is 133 cm³/mol. The maximum Gasteiger partial charge on any atom is 0.332 e. The standard InChI is InChI=1S/C22H23BrCl2N2O5S/c1-22(14-15-5-7-16(23)8-6-15)20(28)27(19-12-17(24)11-18(25)13-19)21(29)26(22)9-3-2-4-10-33(30,31)32/h5-8,11-13H,2-4,9-10,14H2,1H3,(H,30,31,32)/t22-/m1/s1. The van der Waals surface area contributed by atoms with Crippen LogP contribution in [0.5, 0.6) is 0 Å². The molecule has 1 N–H and O–H groups in total. The lowest BCUT2D eigenvalue weighted by Crippen LogP contribution is -2.49. The molecule has 1 atom stereocenters. The fourth-order valence-electron chi connectivity index (χ4n) is 3.92. The van der Waals surface area contributed by atoms with E-state index in [0.29, 0.717) is 35.0 Å². The molecule has 1 saturated heterocycles. The highest BCUT2D eigenvalue weighted by atomic mass is 79.9. The number of unbranched alkanes of at least 4 members (excludes halogenated alkanes) is 2. The van der Waals surface area contributed by atoms with Crippen molar-refractivity contribution in [2.75, 3.05) is 17.2 Å². The Labute approximate surface area is 211 Å². The molecule has 2 aromatic rings. The van der Waals surface area contributed by atoms with Gasteiger partial charge in [-0.15, -0.1) is 0 Å². The van der Waals surface area contributed by atoms with Crippen LogP contribution < -0.4 is 4.90 Å². The van der Waals surface area contributed by atoms with Crippen LogP contribution in [0.4, 0.5) is 10.5 Å². The monoisotopic (exact) mass is 576 g/mol. The molecular formula is C22H23BrCl2N2O5S. The van der Waals surface area contributed by atoms with E-state index in [2.05, 4.69) is 15.9 Å². The molecule has 0 aliphatic carbocycles. The lowest BCUT2D eigenvalue weighted by Gasteiger charge is -2.32. The SMILES string of the molecule is C[C@@]1(Cc2ccc(Br)cc2)C(=O)N(c2cc(Cl)cc(Cl)c2)C(=O)N1CCCCCS(=O)(=O)O. The van der Waals surface area contributed by atoms with Gasteiger partial charge in [0.15, 0.2) is 0 Å². The molecule has 0 aromatic heterocycles. The molecule has 1 aliphatic heterocycles. The molecule has 3 amide bonds. The quantitative estimate of drug-likeness (QED) is 0.238. The van der Waals surface area contributed by atoms with Crippen molar-refractivity contribution in [3.63, 3.8) is 0 Å². The van der Waals surface area contributed by atoms with Gasteiger partial charge >= 0.3 is 6.03 Å². The highest BCUT2D eigenvalue weighted by Gasteiger charge is 2.54. The Morgan fingerprint density at radius 2 is 1.61 bits per heavy atom. The van der Waals surface area contributed by atoms with Gasteiger partial charge in [-0.3, -0.25) is 9.35 Å². The Hall–Kier alpha value is -1.65. The van der Waals surface area contributed by atoms with Crippen LogP contribution in [0.3, 0.4) is 0 Å². The van der Waals surface area contributed by atoms with Gasteiger partial charge < -0.3 is 4.90 Å². The van der Waals surface area contributed by atoms with Crippen molar-refractivity contribution in [3.05, 3.63) is 62.5 Å². The zero-order chi connectivity index (χ0) is 24.4. The number of nitrogens with zero attached hydrogens (tertiary/aromatic N) is 2. The Bertz CT molecular complexity index is 1140. The maximum absolute atomic E-state index is 13.6. The van der Waals surface area contributed by atoms with Crippen LogP contribution >= 0.6 is 39.1 Å². The summed E-state index contributed by atoms with van der Waals surface area (Å²) in [4.78, 5) is 29.6. The molecule has 3 rings (SSSR count). The second-order valence-electron chi connectivity index (χ2n) is 8.13. The molecule has 7 nitrogen and oxygen atoms in total. The van der Waals surface area contributed by atoms with E-state index in [1.807, 2.05) is 24.3 Å². The first-order valence-corrected chi connectivity index (χ1v) is 13.4. The molecule has 1 heterocycles. The molecule has 11 heteroatoms. The zero-order valence-corrected chi connectivity index (χ0v) is 21.7. The van der Waals surface area contributed by atoms with Crippen molar-refractivity contribution in [1.29, 1.82) is 0 Å². The number of benzene rings is 2. The van der Waals surface area contributed by atoms with Crippen LogP contribution in [-0.4, -0.2) is 47.6 Å². The van der Waals surface area contributed by atoms with Crippen molar-refractivity contribution in [2.24, 2.45) is 0 Å². The fraction of sp³-hybridized carbons (Fsp3) is 0.364. The first kappa shape index (κ1) is 26.0. The van der Waals surface area contributed by atoms with Crippen LogP contribution in [0.1, 0.15) is 31.7 Å². The molecule has 0 radical (unpaired) electrons. The third kappa shape index (κ3) is 6.27. The zero-order valence-electron chi connectivity index (χ0n) is 17.8. The average molecular weight is 578 g/mol. The number of carbonyl (C=O) groups excluding carboxylic acids is 2. The third-order valence-electron chi connectivity index (χ3n) is 5.53. The van der Waals surface area contributed by atoms with Gasteiger partial charge in [-0.05, 0) is 55.7 Å². The second-order valence-corrected chi connectivity index (χ2v) is 11.5. The van der Waals surface area contributed by atoms with Crippen LogP contribution in [0.25, 0.3) is 0 Å². The van der Waals surface area contributed by atoms with Gasteiger partial charge in [-0.1, -0.05) is 57.7 Å². The molecule has 0 spiro atoms. The van der Waals surface area contributed by atoms with Gasteiger partial charge in [-0.25, -0.2) is 9.69 Å². The normalized spacial score (nSPS) is 18.9. The van der Waals surface area contributed by atoms with Crippen molar-refractivity contribution in [2.45, 2.75) is 38.1 Å². The summed E-state index contributed by atoms with van der Waals surface area (Å²) in [6, 6.07) is 11.6. The highest BCUT2D eigenvalue weighted by Crippen LogP contribution is 2.37. The van der Waals surface area contributed by atoms with Crippen LogP contribution in [0, 0.1) is 0 Å². The smallest absolute Gasteiger partial charge is 0.309 e. The molecule has 0 bridgehead atoms. The van der Waals surface area contributed by atoms with Crippen molar-refractivity contribution in [1.82, 2.24) is 4.90 Å². The molecule has 0 unspecified atom stereocenters. The van der Waals surface area contributed by atoms with Gasteiger partial charge in [0.25, 0.3) is 16.0 Å². The number of imide groups is 1. The average Bonchev–Trinajstić information content (AvgIpc) is 2.88. The molecular weight excluding hydrogens is 555 g/mol. The number of urea groups is 1. The maximum atomic E-state index is 13.6. The molecule has 1 aliphatic rings. The summed E-state index contributed by atoms with van der Waals surface area (Å²) >= 11 is 15.6. The first-order chi connectivity index (χ1) is 15.4. The second kappa shape index (κ2) is 10.3. The fourth-order valence-corrected chi connectivity index (χ4v) is 5.26. The van der Waals surface area contributed by atoms with Gasteiger partial charge in [0.2, 0.25) is 0 Å². The van der Waals surface area contributed by atoms with E-state index in [9.17, 15) is 18.0 Å². The molecule has 33 heavy (non-hydrogen) atoms. The Morgan fingerprint density at radius 1 is 1.00 bits per heavy atom. The number of anilines is 1. The third-order valence-corrected chi connectivity index (χ3v) is 7.30. The predicted octanol–water partition coefficient (Wildman–Crippen LogP) is 5.58. The molecule has 0 saturated carbocycles. The number of hydrogen-bond donors (Lipinski definition) is 1. The van der Waals surface area contributed by atoms with E-state index >= 15 is 0 Å². The largest absolute Gasteiger partial charge is 0.332 e. The Morgan fingerprint density at radius 3 is 2.18 bits per heavy atom. The number of halogens is 3. The van der Waals surface area contributed by atoms with E-state index in [0.717, 1.165) is 14.9 Å². The van der Waals surface area contributed by atoms with E-state index in [-0.39, 0.29) is 18.7 Å². The van der Waals surface area contributed by atoms with Crippen LogP contribution in [0.2, 0.25) is 10.0 Å². The first-order valence-electron chi connectivity index (χ1n) is 10.2. The molecule has 2 aromatic carbocycles. The molecule has 178 valence electrons. The van der Waals surface area contributed by atoms with E-state index in [1.165, 1.54) is 23.1 Å². The summed E-state index contributed by atoms with van der Waals surface area (Å²) in [6.07, 6.45) is 1.48. The summed E-state index contributed by atoms with van der Waals surface area (Å²) in [7, 11) is -4.03.